The van der Waals surface area contributed by atoms with Gasteiger partial charge in [0.05, 0.1) is 12.3 Å². The van der Waals surface area contributed by atoms with E-state index < -0.39 is 12.6 Å². The highest BCUT2D eigenvalue weighted by Crippen LogP contribution is 2.28. The Morgan fingerprint density at radius 2 is 1.88 bits per heavy atom. The Bertz CT molecular complexity index is 753. The summed E-state index contributed by atoms with van der Waals surface area (Å²) in [4.78, 5) is 15.1. The first-order chi connectivity index (χ1) is 11.5. The van der Waals surface area contributed by atoms with E-state index in [2.05, 4.69) is 18.8 Å². The summed E-state index contributed by atoms with van der Waals surface area (Å²) in [5.74, 6) is -0.122. The van der Waals surface area contributed by atoms with Crippen LogP contribution in [0.25, 0.3) is 0 Å². The van der Waals surface area contributed by atoms with Crippen molar-refractivity contribution in [2.45, 2.75) is 20.8 Å². The molecule has 0 aliphatic rings. The van der Waals surface area contributed by atoms with Gasteiger partial charge in [-0.15, -0.1) is 0 Å². The molecule has 5 heteroatoms. The summed E-state index contributed by atoms with van der Waals surface area (Å²) in [5, 5.41) is 8.72. The highest BCUT2D eigenvalue weighted by Gasteiger charge is 2.08. The standard InChI is InChI=1S/C19H21NO4/c1-4-23-18-10-15(6-8-17(18)24-12-19(21)22)11-20-16-7-5-13(2)14(3)9-16/h5-11H,4,12H2,1-3H3,(H,21,22). The van der Waals surface area contributed by atoms with Crippen LogP contribution in [0.1, 0.15) is 23.6 Å². The quantitative estimate of drug-likeness (QED) is 0.783. The first kappa shape index (κ1) is 17.5. The Labute approximate surface area is 141 Å². The maximum Gasteiger partial charge on any atom is 0.341 e. The highest BCUT2D eigenvalue weighted by molar-refractivity contribution is 5.83. The first-order valence-electron chi connectivity index (χ1n) is 7.72. The molecule has 5 nitrogen and oxygen atoms in total. The third-order valence-electron chi connectivity index (χ3n) is 3.47. The van der Waals surface area contributed by atoms with Crippen molar-refractivity contribution in [3.63, 3.8) is 0 Å². The Hall–Kier alpha value is -2.82. The van der Waals surface area contributed by atoms with Crippen LogP contribution in [-0.2, 0) is 4.79 Å². The third-order valence-corrected chi connectivity index (χ3v) is 3.47. The van der Waals surface area contributed by atoms with Crippen LogP contribution >= 0.6 is 0 Å². The molecule has 0 aliphatic heterocycles. The molecule has 2 aromatic carbocycles. The van der Waals surface area contributed by atoms with Gasteiger partial charge in [0.2, 0.25) is 0 Å². The SMILES string of the molecule is CCOc1cc(C=Nc2ccc(C)c(C)c2)ccc1OCC(=O)O. The normalized spacial score (nSPS) is 10.8. The van der Waals surface area contributed by atoms with E-state index in [1.807, 2.05) is 31.2 Å². The first-order valence-corrected chi connectivity index (χ1v) is 7.72. The number of rotatable bonds is 7. The van der Waals surface area contributed by atoms with E-state index in [-0.39, 0.29) is 0 Å². The summed E-state index contributed by atoms with van der Waals surface area (Å²) in [5.41, 5.74) is 4.14. The predicted octanol–water partition coefficient (Wildman–Crippen LogP) is 3.92. The van der Waals surface area contributed by atoms with E-state index in [0.29, 0.717) is 18.1 Å². The van der Waals surface area contributed by atoms with Crippen molar-refractivity contribution < 1.29 is 19.4 Å². The second kappa shape index (κ2) is 8.15. The second-order valence-corrected chi connectivity index (χ2v) is 5.35. The van der Waals surface area contributed by atoms with Crippen molar-refractivity contribution >= 4 is 17.9 Å². The molecule has 0 aliphatic carbocycles. The van der Waals surface area contributed by atoms with E-state index in [9.17, 15) is 4.79 Å². The van der Waals surface area contributed by atoms with Crippen LogP contribution in [0.5, 0.6) is 11.5 Å². The lowest BCUT2D eigenvalue weighted by Crippen LogP contribution is -2.10. The molecule has 0 spiro atoms. The van der Waals surface area contributed by atoms with Gasteiger partial charge in [0.15, 0.2) is 18.1 Å². The van der Waals surface area contributed by atoms with Gasteiger partial charge in [-0.1, -0.05) is 6.07 Å². The van der Waals surface area contributed by atoms with Crippen LogP contribution in [0.2, 0.25) is 0 Å². The molecule has 0 heterocycles. The molecule has 0 fully saturated rings. The van der Waals surface area contributed by atoms with Gasteiger partial charge in [0.1, 0.15) is 0 Å². The maximum absolute atomic E-state index is 10.6. The lowest BCUT2D eigenvalue weighted by molar-refractivity contribution is -0.139. The number of carbonyl (C=O) groups is 1. The van der Waals surface area contributed by atoms with Gasteiger partial charge in [-0.3, -0.25) is 4.99 Å². The molecule has 0 unspecified atom stereocenters. The van der Waals surface area contributed by atoms with Crippen molar-refractivity contribution in [2.75, 3.05) is 13.2 Å². The minimum absolute atomic E-state index is 0.405. The topological polar surface area (TPSA) is 68.1 Å². The average Bonchev–Trinajstić information content (AvgIpc) is 2.55. The van der Waals surface area contributed by atoms with Crippen LogP contribution in [0, 0.1) is 13.8 Å². The summed E-state index contributed by atoms with van der Waals surface area (Å²) >= 11 is 0. The smallest absolute Gasteiger partial charge is 0.341 e. The zero-order chi connectivity index (χ0) is 17.5. The molecule has 0 radical (unpaired) electrons. The van der Waals surface area contributed by atoms with E-state index in [1.165, 1.54) is 11.1 Å². The number of aliphatic imine (C=N–C) groups is 1. The van der Waals surface area contributed by atoms with Crippen LogP contribution in [0.4, 0.5) is 5.69 Å². The lowest BCUT2D eigenvalue weighted by atomic mass is 10.1. The fourth-order valence-corrected chi connectivity index (χ4v) is 2.09. The Morgan fingerprint density at radius 3 is 2.54 bits per heavy atom. The molecule has 2 aromatic rings. The molecular formula is C19H21NO4. The molecule has 24 heavy (non-hydrogen) atoms. The van der Waals surface area contributed by atoms with Gasteiger partial charge in [0.25, 0.3) is 0 Å². The number of nitrogens with zero attached hydrogens (tertiary/aromatic N) is 1. The molecule has 0 saturated carbocycles. The highest BCUT2D eigenvalue weighted by atomic mass is 16.5. The number of aliphatic carboxylic acids is 1. The monoisotopic (exact) mass is 327 g/mol. The maximum atomic E-state index is 10.6. The fourth-order valence-electron chi connectivity index (χ4n) is 2.09. The van der Waals surface area contributed by atoms with Gasteiger partial charge in [0, 0.05) is 6.21 Å². The molecule has 0 saturated heterocycles. The van der Waals surface area contributed by atoms with Gasteiger partial charge in [-0.25, -0.2) is 4.79 Å². The summed E-state index contributed by atoms with van der Waals surface area (Å²) in [7, 11) is 0. The number of hydrogen-bond acceptors (Lipinski definition) is 4. The molecular weight excluding hydrogens is 306 g/mol. The van der Waals surface area contributed by atoms with Crippen molar-refractivity contribution in [2.24, 2.45) is 4.99 Å². The number of benzene rings is 2. The minimum atomic E-state index is -1.03. The average molecular weight is 327 g/mol. The van der Waals surface area contributed by atoms with Gasteiger partial charge < -0.3 is 14.6 Å². The summed E-state index contributed by atoms with van der Waals surface area (Å²) in [6.07, 6.45) is 1.74. The van der Waals surface area contributed by atoms with Gasteiger partial charge in [-0.2, -0.15) is 0 Å². The van der Waals surface area contributed by atoms with Crippen molar-refractivity contribution in [1.82, 2.24) is 0 Å². The molecule has 1 N–H and O–H groups in total. The summed E-state index contributed by atoms with van der Waals surface area (Å²) in [6.45, 7) is 6.03. The van der Waals surface area contributed by atoms with Crippen molar-refractivity contribution in [3.8, 4) is 11.5 Å². The number of carboxylic acids is 1. The van der Waals surface area contributed by atoms with Crippen LogP contribution in [-0.4, -0.2) is 30.5 Å². The van der Waals surface area contributed by atoms with Crippen LogP contribution < -0.4 is 9.47 Å². The third kappa shape index (κ3) is 4.84. The van der Waals surface area contributed by atoms with E-state index >= 15 is 0 Å². The lowest BCUT2D eigenvalue weighted by Gasteiger charge is -2.11. The fraction of sp³-hybridized carbons (Fsp3) is 0.263. The Morgan fingerprint density at radius 1 is 1.08 bits per heavy atom. The molecule has 0 atom stereocenters. The van der Waals surface area contributed by atoms with E-state index in [4.69, 9.17) is 14.6 Å². The summed E-state index contributed by atoms with van der Waals surface area (Å²) in [6, 6.07) is 11.3. The number of hydrogen-bond donors (Lipinski definition) is 1. The number of carboxylic acid groups (broad SMARTS) is 1. The summed E-state index contributed by atoms with van der Waals surface area (Å²) < 4.78 is 10.7. The number of ether oxygens (including phenoxy) is 2. The Kier molecular flexibility index (Phi) is 5.95. The van der Waals surface area contributed by atoms with Crippen LogP contribution in [0.3, 0.4) is 0 Å². The van der Waals surface area contributed by atoms with E-state index in [0.717, 1.165) is 11.3 Å². The van der Waals surface area contributed by atoms with Gasteiger partial charge >= 0.3 is 5.97 Å². The molecule has 0 aromatic heterocycles. The van der Waals surface area contributed by atoms with Crippen molar-refractivity contribution in [3.05, 3.63) is 53.1 Å². The minimum Gasteiger partial charge on any atom is -0.490 e. The predicted molar refractivity (Wildman–Crippen MR) is 93.9 cm³/mol. The molecule has 0 amide bonds. The van der Waals surface area contributed by atoms with E-state index in [1.54, 1.807) is 18.3 Å². The van der Waals surface area contributed by atoms with Crippen LogP contribution in [0.15, 0.2) is 41.4 Å². The zero-order valence-electron chi connectivity index (χ0n) is 14.1. The largest absolute Gasteiger partial charge is 0.490 e. The molecule has 2 rings (SSSR count). The molecule has 0 bridgehead atoms. The zero-order valence-corrected chi connectivity index (χ0v) is 14.1. The molecule has 126 valence electrons. The Balaban J connectivity index is 2.20. The van der Waals surface area contributed by atoms with Crippen molar-refractivity contribution in [1.29, 1.82) is 0 Å². The number of aryl methyl sites for hydroxylation is 2. The van der Waals surface area contributed by atoms with Gasteiger partial charge in [-0.05, 0) is 67.8 Å². The second-order valence-electron chi connectivity index (χ2n) is 5.35.